The van der Waals surface area contributed by atoms with Crippen LogP contribution in [0.2, 0.25) is 0 Å². The number of hydrogen-bond donors (Lipinski definition) is 1. The molecular weight excluding hydrogens is 492 g/mol. The van der Waals surface area contributed by atoms with Gasteiger partial charge in [0.2, 0.25) is 11.8 Å². The van der Waals surface area contributed by atoms with Crippen molar-refractivity contribution in [1.29, 1.82) is 0 Å². The van der Waals surface area contributed by atoms with Gasteiger partial charge in [-0.15, -0.1) is 0 Å². The second-order valence-corrected chi connectivity index (χ2v) is 12.4. The first kappa shape index (κ1) is 38.9. The molecule has 0 spiro atoms. The highest BCUT2D eigenvalue weighted by Crippen LogP contribution is 2.15. The average molecular weight is 565 g/mol. The molecule has 4 nitrogen and oxygen atoms in total. The van der Waals surface area contributed by atoms with E-state index in [1.54, 1.807) is 0 Å². The minimum Gasteiger partial charge on any atom is -0.273 e. The maximum absolute atomic E-state index is 12.5. The average Bonchev–Trinajstić information content (AvgIpc) is 2.96. The fourth-order valence-corrected chi connectivity index (χ4v) is 5.61. The Bertz CT molecular complexity index is 537. The van der Waals surface area contributed by atoms with Crippen LogP contribution in [0.4, 0.5) is 0 Å². The predicted molar refractivity (Wildman–Crippen MR) is 175 cm³/mol. The molecule has 4 heteroatoms. The van der Waals surface area contributed by atoms with E-state index in [1.165, 1.54) is 159 Å². The summed E-state index contributed by atoms with van der Waals surface area (Å²) in [5.74, 6) is 0.0608. The summed E-state index contributed by atoms with van der Waals surface area (Å²) in [5.41, 5.74) is 2.86. The molecule has 0 aliphatic heterocycles. The first-order valence-electron chi connectivity index (χ1n) is 18.3. The molecule has 238 valence electrons. The highest BCUT2D eigenvalue weighted by Gasteiger charge is 2.14. The van der Waals surface area contributed by atoms with Gasteiger partial charge in [0.15, 0.2) is 0 Å². The Morgan fingerprint density at radius 2 is 0.675 bits per heavy atom. The van der Waals surface area contributed by atoms with E-state index in [2.05, 4.69) is 19.3 Å². The van der Waals surface area contributed by atoms with Gasteiger partial charge in [0.25, 0.3) is 0 Å². The highest BCUT2D eigenvalue weighted by molar-refractivity contribution is 5.82. The summed E-state index contributed by atoms with van der Waals surface area (Å²) in [7, 11) is 0. The van der Waals surface area contributed by atoms with Crippen LogP contribution >= 0.6 is 0 Å². The molecule has 0 aromatic rings. The van der Waals surface area contributed by atoms with Gasteiger partial charge in [0, 0.05) is 19.4 Å². The molecule has 0 radical (unpaired) electrons. The maximum atomic E-state index is 12.5. The molecule has 1 N–H and O–H groups in total. The monoisotopic (exact) mass is 565 g/mol. The number of nitrogens with one attached hydrogen (secondary N) is 1. The number of rotatable bonds is 31. The zero-order chi connectivity index (χ0) is 29.4. The zero-order valence-corrected chi connectivity index (χ0v) is 27.7. The molecule has 0 fully saturated rings. The molecule has 0 saturated heterocycles. The van der Waals surface area contributed by atoms with Gasteiger partial charge in [-0.05, 0) is 19.8 Å². The van der Waals surface area contributed by atoms with Crippen LogP contribution in [0.15, 0.2) is 0 Å². The number of unbranched alkanes of at least 4 members (excludes halogenated alkanes) is 26. The number of amides is 2. The summed E-state index contributed by atoms with van der Waals surface area (Å²) in [4.78, 5) is 24.9. The summed E-state index contributed by atoms with van der Waals surface area (Å²) < 4.78 is 0. The molecule has 40 heavy (non-hydrogen) atoms. The summed E-state index contributed by atoms with van der Waals surface area (Å²) >= 11 is 0. The summed E-state index contributed by atoms with van der Waals surface area (Å²) in [5, 5.41) is 1.54. The van der Waals surface area contributed by atoms with E-state index >= 15 is 0 Å². The summed E-state index contributed by atoms with van der Waals surface area (Å²) in [6.45, 7) is 7.04. The van der Waals surface area contributed by atoms with Gasteiger partial charge in [-0.3, -0.25) is 20.0 Å². The first-order chi connectivity index (χ1) is 19.7. The second-order valence-electron chi connectivity index (χ2n) is 12.4. The van der Waals surface area contributed by atoms with Crippen molar-refractivity contribution < 1.29 is 9.59 Å². The Kier molecular flexibility index (Phi) is 31.6. The lowest BCUT2D eigenvalue weighted by atomic mass is 10.0. The van der Waals surface area contributed by atoms with Crippen molar-refractivity contribution in [3.63, 3.8) is 0 Å². The molecule has 0 atom stereocenters. The smallest absolute Gasteiger partial charge is 0.240 e. The van der Waals surface area contributed by atoms with Crippen molar-refractivity contribution in [2.75, 3.05) is 6.54 Å². The van der Waals surface area contributed by atoms with Gasteiger partial charge in [0.05, 0.1) is 0 Å². The summed E-state index contributed by atoms with van der Waals surface area (Å²) in [6, 6.07) is 0. The standard InChI is InChI=1S/C36H72N2O2/c1-4-7-9-11-13-15-17-19-20-22-24-26-28-30-32-34-36(40)38(6-3)37-35(39)33-31-29-27-25-23-21-18-16-14-12-10-8-5-2/h4-34H2,1-3H3,(H,37,39). The number of nitrogens with zero attached hydrogens (tertiary/aromatic N) is 1. The van der Waals surface area contributed by atoms with Gasteiger partial charge < -0.3 is 0 Å². The van der Waals surface area contributed by atoms with Crippen LogP contribution in [-0.4, -0.2) is 23.4 Å². The molecular formula is C36H72N2O2. The van der Waals surface area contributed by atoms with Gasteiger partial charge in [0.1, 0.15) is 0 Å². The Morgan fingerprint density at radius 1 is 0.400 bits per heavy atom. The molecule has 0 bridgehead atoms. The van der Waals surface area contributed by atoms with Gasteiger partial charge >= 0.3 is 0 Å². The van der Waals surface area contributed by atoms with E-state index < -0.39 is 0 Å². The summed E-state index contributed by atoms with van der Waals surface area (Å²) in [6.07, 6.45) is 38.0. The maximum Gasteiger partial charge on any atom is 0.240 e. The minimum absolute atomic E-state index is 0.00485. The molecule has 0 aliphatic rings. The van der Waals surface area contributed by atoms with Gasteiger partial charge in [-0.1, -0.05) is 181 Å². The van der Waals surface area contributed by atoms with Crippen LogP contribution in [0.5, 0.6) is 0 Å². The van der Waals surface area contributed by atoms with Crippen molar-refractivity contribution in [1.82, 2.24) is 10.4 Å². The lowest BCUT2D eigenvalue weighted by molar-refractivity contribution is -0.141. The Morgan fingerprint density at radius 3 is 0.975 bits per heavy atom. The van der Waals surface area contributed by atoms with E-state index in [-0.39, 0.29) is 11.8 Å². The molecule has 0 aliphatic carbocycles. The molecule has 0 saturated carbocycles. The van der Waals surface area contributed by atoms with Crippen LogP contribution < -0.4 is 5.43 Å². The minimum atomic E-state index is -0.00485. The predicted octanol–water partition coefficient (Wildman–Crippen LogP) is 11.6. The fraction of sp³-hybridized carbons (Fsp3) is 0.944. The van der Waals surface area contributed by atoms with Crippen molar-refractivity contribution in [3.05, 3.63) is 0 Å². The fourth-order valence-electron chi connectivity index (χ4n) is 5.61. The highest BCUT2D eigenvalue weighted by atomic mass is 16.2. The van der Waals surface area contributed by atoms with Crippen molar-refractivity contribution in [3.8, 4) is 0 Å². The largest absolute Gasteiger partial charge is 0.273 e. The Hall–Kier alpha value is -1.06. The van der Waals surface area contributed by atoms with Crippen LogP contribution in [0.25, 0.3) is 0 Å². The Labute approximate surface area is 251 Å². The van der Waals surface area contributed by atoms with Crippen molar-refractivity contribution >= 4 is 11.8 Å². The van der Waals surface area contributed by atoms with Crippen LogP contribution in [0, 0.1) is 0 Å². The lowest BCUT2D eigenvalue weighted by Crippen LogP contribution is -2.45. The second kappa shape index (κ2) is 32.5. The molecule has 0 aromatic heterocycles. The van der Waals surface area contributed by atoms with Crippen molar-refractivity contribution in [2.24, 2.45) is 0 Å². The lowest BCUT2D eigenvalue weighted by Gasteiger charge is -2.21. The van der Waals surface area contributed by atoms with E-state index in [0.29, 0.717) is 19.4 Å². The molecule has 0 heterocycles. The number of carbonyl (C=O) groups is 2. The third-order valence-corrected chi connectivity index (χ3v) is 8.38. The normalized spacial score (nSPS) is 11.2. The van der Waals surface area contributed by atoms with Gasteiger partial charge in [-0.25, -0.2) is 0 Å². The van der Waals surface area contributed by atoms with E-state index in [4.69, 9.17) is 0 Å². The van der Waals surface area contributed by atoms with Gasteiger partial charge in [-0.2, -0.15) is 0 Å². The molecule has 2 amide bonds. The van der Waals surface area contributed by atoms with Crippen LogP contribution in [-0.2, 0) is 9.59 Å². The number of hydrazine groups is 1. The van der Waals surface area contributed by atoms with E-state index in [0.717, 1.165) is 25.7 Å². The van der Waals surface area contributed by atoms with Crippen LogP contribution in [0.3, 0.4) is 0 Å². The van der Waals surface area contributed by atoms with Crippen molar-refractivity contribution in [2.45, 2.75) is 213 Å². The quantitative estimate of drug-likeness (QED) is 0.0672. The number of carbonyl (C=O) groups excluding carboxylic acids is 2. The third-order valence-electron chi connectivity index (χ3n) is 8.38. The molecule has 0 rings (SSSR count). The SMILES string of the molecule is CCCCCCCCCCCCCCCCCC(=O)N(CC)NC(=O)CCCCCCCCCCCCCCC. The third kappa shape index (κ3) is 28.5. The number of hydrogen-bond acceptors (Lipinski definition) is 2. The van der Waals surface area contributed by atoms with E-state index in [1.807, 2.05) is 6.92 Å². The van der Waals surface area contributed by atoms with E-state index in [9.17, 15) is 9.59 Å². The topological polar surface area (TPSA) is 49.4 Å². The molecule has 0 aromatic carbocycles. The Balaban J connectivity index is 3.53. The zero-order valence-electron chi connectivity index (χ0n) is 27.7. The molecule has 0 unspecified atom stereocenters. The van der Waals surface area contributed by atoms with Crippen LogP contribution in [0.1, 0.15) is 213 Å². The first-order valence-corrected chi connectivity index (χ1v) is 18.3.